The molecule has 10 heteroatoms. The van der Waals surface area contributed by atoms with Crippen LogP contribution in [0.2, 0.25) is 0 Å². The lowest BCUT2D eigenvalue weighted by Gasteiger charge is -2.18. The van der Waals surface area contributed by atoms with Crippen LogP contribution in [0.1, 0.15) is 168 Å². The zero-order valence-electron chi connectivity index (χ0n) is 30.8. The minimum absolute atomic E-state index is 0.187. The van der Waals surface area contributed by atoms with Crippen LogP contribution in [-0.4, -0.2) is 53.3 Å². The van der Waals surface area contributed by atoms with E-state index in [1.807, 2.05) is 0 Å². The highest BCUT2D eigenvalue weighted by Crippen LogP contribution is 2.36. The van der Waals surface area contributed by atoms with Gasteiger partial charge in [0.2, 0.25) is 0 Å². The number of hydrogen-bond acceptors (Lipinski definition) is 7. The second-order valence-corrected chi connectivity index (χ2v) is 14.6. The smallest absolute Gasteiger partial charge is 0.462 e. The Bertz CT molecular complexity index is 958. The van der Waals surface area contributed by atoms with Crippen molar-refractivity contribution in [2.24, 2.45) is 0 Å². The summed E-state index contributed by atoms with van der Waals surface area (Å²) in [5.41, 5.74) is 0. The fraction of sp³-hybridized carbons (Fsp3) is 0.795. The first-order chi connectivity index (χ1) is 23.7. The van der Waals surface area contributed by atoms with E-state index in [4.69, 9.17) is 24.0 Å². The molecule has 2 N–H and O–H groups in total. The van der Waals surface area contributed by atoms with E-state index in [0.717, 1.165) is 77.0 Å². The normalized spacial score (nSPS) is 17.0. The minimum atomic E-state index is -4.76. The highest BCUT2D eigenvalue weighted by Gasteiger charge is 2.36. The Balaban J connectivity index is 2.10. The fourth-order valence-electron chi connectivity index (χ4n) is 5.55. The van der Waals surface area contributed by atoms with E-state index < -0.39 is 32.5 Å². The second kappa shape index (κ2) is 31.0. The van der Waals surface area contributed by atoms with Gasteiger partial charge < -0.3 is 24.0 Å². The summed E-state index contributed by atoms with van der Waals surface area (Å²) in [5, 5.41) is 0. The van der Waals surface area contributed by atoms with Crippen molar-refractivity contribution in [3.8, 4) is 0 Å². The molecule has 0 aromatic rings. The van der Waals surface area contributed by atoms with Crippen LogP contribution in [0.25, 0.3) is 0 Å². The third-order valence-corrected chi connectivity index (χ3v) is 9.07. The quantitative estimate of drug-likeness (QED) is 0.0167. The Morgan fingerprint density at radius 2 is 1.18 bits per heavy atom. The third kappa shape index (κ3) is 30.8. The molecule has 0 bridgehead atoms. The Kier molecular flexibility index (Phi) is 28.6. The molecule has 49 heavy (non-hydrogen) atoms. The molecule has 0 aliphatic carbocycles. The molecule has 0 amide bonds. The summed E-state index contributed by atoms with van der Waals surface area (Å²) >= 11 is 0. The van der Waals surface area contributed by atoms with Gasteiger partial charge >= 0.3 is 19.8 Å². The van der Waals surface area contributed by atoms with Crippen molar-refractivity contribution in [2.45, 2.75) is 186 Å². The van der Waals surface area contributed by atoms with Gasteiger partial charge in [0.15, 0.2) is 6.10 Å². The molecule has 3 atom stereocenters. The van der Waals surface area contributed by atoms with Crippen LogP contribution in [0.15, 0.2) is 36.5 Å². The topological polar surface area (TPSA) is 132 Å². The highest BCUT2D eigenvalue weighted by molar-refractivity contribution is 7.46. The summed E-state index contributed by atoms with van der Waals surface area (Å²) in [7, 11) is -4.76. The number of rotatable bonds is 34. The Labute approximate surface area is 297 Å². The van der Waals surface area contributed by atoms with Gasteiger partial charge in [0, 0.05) is 12.8 Å². The van der Waals surface area contributed by atoms with Gasteiger partial charge in [-0.3, -0.25) is 14.1 Å². The number of phosphoric ester groups is 1. The molecule has 0 aromatic heterocycles. The van der Waals surface area contributed by atoms with Crippen molar-refractivity contribution in [3.63, 3.8) is 0 Å². The van der Waals surface area contributed by atoms with Crippen LogP contribution in [-0.2, 0) is 32.9 Å². The number of hydrogen-bond donors (Lipinski definition) is 2. The summed E-state index contributed by atoms with van der Waals surface area (Å²) < 4.78 is 32.0. The van der Waals surface area contributed by atoms with Crippen LogP contribution < -0.4 is 0 Å². The molecule has 1 aliphatic heterocycles. The summed E-state index contributed by atoms with van der Waals surface area (Å²) in [4.78, 5) is 42.7. The predicted octanol–water partition coefficient (Wildman–Crippen LogP) is 10.4. The molecule has 2 unspecified atom stereocenters. The van der Waals surface area contributed by atoms with Gasteiger partial charge in [0.25, 0.3) is 0 Å². The van der Waals surface area contributed by atoms with Gasteiger partial charge in [-0.1, -0.05) is 127 Å². The summed E-state index contributed by atoms with van der Waals surface area (Å²) in [6.45, 7) is 3.59. The van der Waals surface area contributed by atoms with E-state index >= 15 is 0 Å². The number of allylic oxidation sites excluding steroid dienone is 5. The van der Waals surface area contributed by atoms with E-state index in [0.29, 0.717) is 25.0 Å². The predicted molar refractivity (Wildman–Crippen MR) is 197 cm³/mol. The fourth-order valence-corrected chi connectivity index (χ4v) is 5.91. The molecule has 1 heterocycles. The largest absolute Gasteiger partial charge is 0.469 e. The molecule has 1 aliphatic rings. The second-order valence-electron chi connectivity index (χ2n) is 13.3. The molecule has 0 aromatic carbocycles. The van der Waals surface area contributed by atoms with Crippen molar-refractivity contribution in [1.82, 2.24) is 0 Å². The van der Waals surface area contributed by atoms with E-state index in [9.17, 15) is 14.2 Å². The first-order valence-corrected chi connectivity index (χ1v) is 21.0. The number of carbonyl (C=O) groups excluding carboxylic acids is 2. The van der Waals surface area contributed by atoms with Gasteiger partial charge in [-0.25, -0.2) is 4.57 Å². The van der Waals surface area contributed by atoms with Crippen molar-refractivity contribution < 1.29 is 42.7 Å². The molecule has 0 radical (unpaired) electrons. The number of carbonyl (C=O) groups is 2. The molecular formula is C39H69O9P. The number of ether oxygens (including phenoxy) is 3. The van der Waals surface area contributed by atoms with Gasteiger partial charge in [-0.05, 0) is 64.2 Å². The molecular weight excluding hydrogens is 643 g/mol. The summed E-state index contributed by atoms with van der Waals surface area (Å²) in [6, 6.07) is 0. The molecule has 0 spiro atoms. The first-order valence-electron chi connectivity index (χ1n) is 19.4. The van der Waals surface area contributed by atoms with Gasteiger partial charge in [-0.2, -0.15) is 0 Å². The first kappa shape index (κ1) is 45.3. The summed E-state index contributed by atoms with van der Waals surface area (Å²) in [5.74, 6) is -0.925. The molecule has 284 valence electrons. The standard InChI is InChI=1S/C39H69O9P/c1-3-5-7-8-9-10-11-12-13-14-15-16-20-23-27-31-38(40)45-33-35(34-46-49(42,43)44)47-39(41)32-28-24-21-18-17-19-22-26-30-37-36(48-37)29-25-6-4-2/h10-13,22,26,35-37H,3-9,14-21,23-25,27-34H2,1-2H3,(H2,42,43,44)/b11-10-,13-12-,26-22-/t35-,36?,37?/m1/s1. The van der Waals surface area contributed by atoms with Crippen LogP contribution in [0.3, 0.4) is 0 Å². The third-order valence-electron chi connectivity index (χ3n) is 8.58. The Hall–Kier alpha value is -1.77. The van der Waals surface area contributed by atoms with Crippen LogP contribution in [0.4, 0.5) is 0 Å². The molecule has 1 saturated heterocycles. The Morgan fingerprint density at radius 3 is 1.80 bits per heavy atom. The van der Waals surface area contributed by atoms with E-state index in [-0.39, 0.29) is 19.4 Å². The molecule has 1 rings (SSSR count). The van der Waals surface area contributed by atoms with E-state index in [2.05, 4.69) is 54.8 Å². The lowest BCUT2D eigenvalue weighted by molar-refractivity contribution is -0.161. The summed E-state index contributed by atoms with van der Waals surface area (Å²) in [6.07, 6.45) is 37.5. The van der Waals surface area contributed by atoms with Gasteiger partial charge in [0.1, 0.15) is 6.61 Å². The van der Waals surface area contributed by atoms with Gasteiger partial charge in [0.05, 0.1) is 18.8 Å². The average Bonchev–Trinajstić information content (AvgIpc) is 3.82. The number of esters is 2. The molecule has 1 fully saturated rings. The van der Waals surface area contributed by atoms with Gasteiger partial charge in [-0.15, -0.1) is 0 Å². The zero-order valence-corrected chi connectivity index (χ0v) is 31.7. The van der Waals surface area contributed by atoms with Crippen LogP contribution >= 0.6 is 7.82 Å². The number of unbranched alkanes of at least 4 members (excludes halogenated alkanes) is 16. The van der Waals surface area contributed by atoms with Crippen molar-refractivity contribution >= 4 is 19.8 Å². The van der Waals surface area contributed by atoms with Crippen LogP contribution in [0.5, 0.6) is 0 Å². The zero-order chi connectivity index (χ0) is 35.8. The molecule has 0 saturated carbocycles. The number of epoxide rings is 1. The maximum Gasteiger partial charge on any atom is 0.469 e. The maximum atomic E-state index is 12.4. The Morgan fingerprint density at radius 1 is 0.653 bits per heavy atom. The van der Waals surface area contributed by atoms with Crippen molar-refractivity contribution in [2.75, 3.05) is 13.2 Å². The average molecular weight is 713 g/mol. The molecule has 9 nitrogen and oxygen atoms in total. The lowest BCUT2D eigenvalue weighted by Crippen LogP contribution is -2.29. The maximum absolute atomic E-state index is 12.4. The van der Waals surface area contributed by atoms with Crippen molar-refractivity contribution in [1.29, 1.82) is 0 Å². The SMILES string of the molecule is CCCCCC/C=C\C=C/CCCCCCCC(=O)OC[C@H](COP(=O)(O)O)OC(=O)CCCCCCC/C=C\CC1OC1CCCCC. The van der Waals surface area contributed by atoms with Crippen LogP contribution in [0, 0.1) is 0 Å². The monoisotopic (exact) mass is 712 g/mol. The van der Waals surface area contributed by atoms with E-state index in [1.54, 1.807) is 0 Å². The number of phosphoric acid groups is 1. The highest BCUT2D eigenvalue weighted by atomic mass is 31.2. The van der Waals surface area contributed by atoms with E-state index in [1.165, 1.54) is 51.4 Å². The minimum Gasteiger partial charge on any atom is -0.462 e. The lowest BCUT2D eigenvalue weighted by atomic mass is 10.1. The van der Waals surface area contributed by atoms with Crippen molar-refractivity contribution in [3.05, 3.63) is 36.5 Å².